The number of benzene rings is 8. The zero-order valence-corrected chi connectivity index (χ0v) is 28.7. The second-order valence-corrected chi connectivity index (χ2v) is 13.1. The van der Waals surface area contributed by atoms with Gasteiger partial charge in [-0.15, -0.1) is 0 Å². The van der Waals surface area contributed by atoms with Gasteiger partial charge in [0.1, 0.15) is 11.0 Å². The second kappa shape index (κ2) is 13.1. The average molecular weight is 666 g/mol. The van der Waals surface area contributed by atoms with Gasteiger partial charge < -0.3 is 9.32 Å². The summed E-state index contributed by atoms with van der Waals surface area (Å²) in [5.74, 6) is 0. The smallest absolute Gasteiger partial charge is 0.143 e. The van der Waals surface area contributed by atoms with E-state index in [-0.39, 0.29) is 0 Å². The maximum atomic E-state index is 6.65. The van der Waals surface area contributed by atoms with Crippen molar-refractivity contribution < 1.29 is 4.42 Å². The summed E-state index contributed by atoms with van der Waals surface area (Å²) < 4.78 is 6.65. The number of hydrogen-bond acceptors (Lipinski definition) is 2. The van der Waals surface area contributed by atoms with Crippen LogP contribution in [0.5, 0.6) is 0 Å². The molecule has 0 bridgehead atoms. The first-order valence-corrected chi connectivity index (χ1v) is 17.6. The molecule has 8 aromatic carbocycles. The van der Waals surface area contributed by atoms with E-state index in [9.17, 15) is 0 Å². The van der Waals surface area contributed by atoms with Crippen LogP contribution in [0, 0.1) is 0 Å². The fraction of sp³-hybridized carbons (Fsp3) is 0. The minimum atomic E-state index is 0.733. The summed E-state index contributed by atoms with van der Waals surface area (Å²) in [6, 6.07) is 64.3. The molecule has 0 atom stereocenters. The molecule has 0 unspecified atom stereocenters. The molecule has 0 amide bonds. The zero-order chi connectivity index (χ0) is 35.0. The van der Waals surface area contributed by atoms with Crippen molar-refractivity contribution in [2.45, 2.75) is 0 Å². The number of fused-ring (bicyclic) bond motifs is 4. The van der Waals surface area contributed by atoms with E-state index >= 15 is 0 Å². The fourth-order valence-electron chi connectivity index (χ4n) is 7.39. The van der Waals surface area contributed by atoms with Gasteiger partial charge in [0.25, 0.3) is 0 Å². The molecule has 0 aliphatic carbocycles. The topological polar surface area (TPSA) is 16.4 Å². The molecule has 0 radical (unpaired) electrons. The van der Waals surface area contributed by atoms with Crippen molar-refractivity contribution in [3.8, 4) is 22.3 Å². The third-order valence-electron chi connectivity index (χ3n) is 10.0. The van der Waals surface area contributed by atoms with Crippen LogP contribution in [0.4, 0.5) is 17.1 Å². The Hall–Kier alpha value is -6.90. The van der Waals surface area contributed by atoms with Gasteiger partial charge >= 0.3 is 0 Å². The summed E-state index contributed by atoms with van der Waals surface area (Å²) in [4.78, 5) is 2.32. The highest BCUT2D eigenvalue weighted by Crippen LogP contribution is 2.39. The van der Waals surface area contributed by atoms with Crippen LogP contribution in [-0.2, 0) is 0 Å². The number of para-hydroxylation sites is 1. The fourth-order valence-corrected chi connectivity index (χ4v) is 7.39. The third kappa shape index (κ3) is 5.48. The molecular weight excluding hydrogens is 631 g/mol. The normalized spacial score (nSPS) is 11.9. The summed E-state index contributed by atoms with van der Waals surface area (Å²) in [6.45, 7) is 8.67. The van der Waals surface area contributed by atoms with E-state index in [1.54, 1.807) is 0 Å². The van der Waals surface area contributed by atoms with Crippen LogP contribution in [0.3, 0.4) is 0 Å². The van der Waals surface area contributed by atoms with Gasteiger partial charge in [-0.25, -0.2) is 0 Å². The molecule has 0 aliphatic rings. The van der Waals surface area contributed by atoms with E-state index in [0.29, 0.717) is 0 Å². The van der Waals surface area contributed by atoms with Crippen molar-refractivity contribution in [3.05, 3.63) is 211 Å². The molecule has 0 saturated heterocycles. The lowest BCUT2D eigenvalue weighted by Gasteiger charge is -2.26. The first-order valence-electron chi connectivity index (χ1n) is 17.6. The van der Waals surface area contributed by atoms with Gasteiger partial charge in [-0.1, -0.05) is 165 Å². The Bertz CT molecular complexity index is 2850. The highest BCUT2D eigenvalue weighted by molar-refractivity contribution is 6.08. The van der Waals surface area contributed by atoms with Crippen molar-refractivity contribution in [3.63, 3.8) is 0 Å². The average Bonchev–Trinajstić information content (AvgIpc) is 3.55. The van der Waals surface area contributed by atoms with Crippen molar-refractivity contribution in [2.75, 3.05) is 4.90 Å². The monoisotopic (exact) mass is 665 g/mol. The molecule has 0 spiro atoms. The Balaban J connectivity index is 1.16. The summed E-state index contributed by atoms with van der Waals surface area (Å²) >= 11 is 0. The number of nitrogens with zero attached hydrogens (tertiary/aromatic N) is 1. The van der Waals surface area contributed by atoms with Crippen LogP contribution in [-0.4, -0.2) is 0 Å². The van der Waals surface area contributed by atoms with Crippen LogP contribution >= 0.6 is 0 Å². The van der Waals surface area contributed by atoms with Gasteiger partial charge in [-0.05, 0) is 80.2 Å². The number of allylic oxidation sites excluding steroid dienone is 1. The van der Waals surface area contributed by atoms with E-state index in [1.807, 2.05) is 24.3 Å². The Morgan fingerprint density at radius 3 is 1.79 bits per heavy atom. The van der Waals surface area contributed by atoms with Crippen LogP contribution in [0.2, 0.25) is 0 Å². The maximum Gasteiger partial charge on any atom is 0.143 e. The SMILES string of the molecule is C=C/C(c1ccc(N(c2ccc(-c3ccccc3)cc2)c2ccc3c(ccc4ccccc43)c2)cc1)=c1/oc2c(-c3ccccc3)cccc2c1=C. The lowest BCUT2D eigenvalue weighted by molar-refractivity contribution is 0.574. The van der Waals surface area contributed by atoms with E-state index in [4.69, 9.17) is 4.42 Å². The van der Waals surface area contributed by atoms with E-state index in [1.165, 1.54) is 32.7 Å². The largest absolute Gasteiger partial charge is 0.455 e. The number of hydrogen-bond donors (Lipinski definition) is 0. The first kappa shape index (κ1) is 31.1. The van der Waals surface area contributed by atoms with Crippen molar-refractivity contribution >= 4 is 61.7 Å². The summed E-state index contributed by atoms with van der Waals surface area (Å²) in [6.07, 6.45) is 1.87. The molecule has 9 rings (SSSR count). The first-order chi connectivity index (χ1) is 25.7. The van der Waals surface area contributed by atoms with Crippen molar-refractivity contribution in [1.82, 2.24) is 0 Å². The molecule has 2 nitrogen and oxygen atoms in total. The van der Waals surface area contributed by atoms with E-state index < -0.39 is 0 Å². The van der Waals surface area contributed by atoms with Gasteiger partial charge in [0.2, 0.25) is 0 Å². The van der Waals surface area contributed by atoms with Gasteiger partial charge in [-0.2, -0.15) is 0 Å². The second-order valence-electron chi connectivity index (χ2n) is 13.1. The predicted molar refractivity (Wildman–Crippen MR) is 221 cm³/mol. The van der Waals surface area contributed by atoms with Crippen LogP contribution in [0.15, 0.2) is 199 Å². The maximum absolute atomic E-state index is 6.65. The lowest BCUT2D eigenvalue weighted by Crippen LogP contribution is -2.21. The summed E-state index contributed by atoms with van der Waals surface area (Å²) in [5.41, 5.74) is 11.2. The predicted octanol–water partition coefficient (Wildman–Crippen LogP) is 12.3. The molecule has 0 saturated carbocycles. The quantitative estimate of drug-likeness (QED) is 0.158. The lowest BCUT2D eigenvalue weighted by atomic mass is 10.0. The molecule has 0 aliphatic heterocycles. The highest BCUT2D eigenvalue weighted by atomic mass is 16.3. The van der Waals surface area contributed by atoms with E-state index in [2.05, 4.69) is 182 Å². The molecule has 1 heterocycles. The van der Waals surface area contributed by atoms with Crippen LogP contribution < -0.4 is 15.5 Å². The Kier molecular flexibility index (Phi) is 7.83. The van der Waals surface area contributed by atoms with Gasteiger partial charge in [0.15, 0.2) is 0 Å². The molecule has 0 fully saturated rings. The van der Waals surface area contributed by atoms with Crippen molar-refractivity contribution in [1.29, 1.82) is 0 Å². The molecule has 9 aromatic rings. The van der Waals surface area contributed by atoms with Gasteiger partial charge in [0, 0.05) is 38.8 Å². The Labute approximate surface area is 303 Å². The van der Waals surface area contributed by atoms with Gasteiger partial charge in [0.05, 0.1) is 0 Å². The minimum absolute atomic E-state index is 0.733. The number of anilines is 3. The molecule has 246 valence electrons. The van der Waals surface area contributed by atoms with Crippen LogP contribution in [0.25, 0.3) is 66.9 Å². The van der Waals surface area contributed by atoms with E-state index in [0.717, 1.165) is 60.9 Å². The Morgan fingerprint density at radius 1 is 0.481 bits per heavy atom. The zero-order valence-electron chi connectivity index (χ0n) is 28.7. The third-order valence-corrected chi connectivity index (χ3v) is 10.0. The molecule has 0 N–H and O–H groups in total. The van der Waals surface area contributed by atoms with Gasteiger partial charge in [-0.3, -0.25) is 0 Å². The number of rotatable bonds is 7. The molecule has 52 heavy (non-hydrogen) atoms. The van der Waals surface area contributed by atoms with Crippen LogP contribution in [0.1, 0.15) is 5.56 Å². The minimum Gasteiger partial charge on any atom is -0.455 e. The number of furan rings is 1. The van der Waals surface area contributed by atoms with Crippen molar-refractivity contribution in [2.24, 2.45) is 0 Å². The summed E-state index contributed by atoms with van der Waals surface area (Å²) in [7, 11) is 0. The highest BCUT2D eigenvalue weighted by Gasteiger charge is 2.16. The Morgan fingerprint density at radius 2 is 1.06 bits per heavy atom. The standard InChI is InChI=1S/C50H35NO/c1-3-44(49-34(2)45-19-12-20-48(50(45)52-49)37-15-8-5-9-16-37)39-25-29-42(30-26-39)51(41-27-23-36(24-28-41)35-13-6-4-7-14-35)43-31-32-47-40(33-43)22-21-38-17-10-11-18-46(38)47/h3-33H,1-2H2/b49-44-. The molecule has 2 heteroatoms. The molecular formula is C50H35NO. The molecule has 1 aromatic heterocycles. The summed E-state index contributed by atoms with van der Waals surface area (Å²) in [5, 5.41) is 6.80.